The summed E-state index contributed by atoms with van der Waals surface area (Å²) in [6, 6.07) is 16.6. The molecule has 28 heteroatoms. The SMILES string of the molecule is CCN(CC)c1ccc(N=Nc2snc3ccc(OC)c(S(=O)(=O)O)c23)c(Nc2nc(Nc3cc(N(CC)CC)ccc3N=Nc3snc4ccc(OC)c(S(=O)(=O)O)c34)nc(N(CCO)CCO)n2)c1. The highest BCUT2D eigenvalue weighted by molar-refractivity contribution is 7.86. The van der Waals surface area contributed by atoms with Gasteiger partial charge in [-0.15, -0.1) is 20.5 Å². The molecule has 0 unspecified atom stereocenters. The van der Waals surface area contributed by atoms with Crippen molar-refractivity contribution in [1.29, 1.82) is 0 Å². The third-order valence-corrected chi connectivity index (χ3v) is 14.2. The molecular weight excluding hydrogens is 1000 g/mol. The number of fused-ring (bicyclic) bond motifs is 2. The molecule has 0 spiro atoms. The largest absolute Gasteiger partial charge is 0.495 e. The predicted molar refractivity (Wildman–Crippen MR) is 273 cm³/mol. The molecule has 0 aliphatic carbocycles. The molecule has 0 aliphatic rings. The number of aromatic nitrogens is 5. The molecule has 376 valence electrons. The maximum absolute atomic E-state index is 12.6. The van der Waals surface area contributed by atoms with E-state index in [0.717, 1.165) is 34.4 Å². The zero-order valence-corrected chi connectivity index (χ0v) is 42.4. The number of hydrogen-bond donors (Lipinski definition) is 6. The summed E-state index contributed by atoms with van der Waals surface area (Å²) in [4.78, 5) is 18.9. The number of rotatable bonds is 23. The Labute approximate surface area is 416 Å². The van der Waals surface area contributed by atoms with Gasteiger partial charge < -0.3 is 45.0 Å². The van der Waals surface area contributed by atoms with E-state index in [0.29, 0.717) is 37.6 Å². The van der Waals surface area contributed by atoms with E-state index < -0.39 is 30.0 Å². The number of hydrogen-bond acceptors (Lipinski definition) is 24. The van der Waals surface area contributed by atoms with E-state index in [-0.39, 0.29) is 98.8 Å². The average molecular weight is 1050 g/mol. The smallest absolute Gasteiger partial charge is 0.299 e. The second-order valence-corrected chi connectivity index (χ2v) is 19.2. The van der Waals surface area contributed by atoms with E-state index in [9.17, 15) is 36.2 Å². The van der Waals surface area contributed by atoms with E-state index in [4.69, 9.17) is 24.4 Å². The van der Waals surface area contributed by atoms with E-state index in [2.05, 4.69) is 49.6 Å². The molecule has 0 radical (unpaired) electrons. The van der Waals surface area contributed by atoms with Crippen molar-refractivity contribution in [2.24, 2.45) is 20.5 Å². The fourth-order valence-corrected chi connectivity index (χ4v) is 10.8. The van der Waals surface area contributed by atoms with Crippen LogP contribution in [0.2, 0.25) is 0 Å². The van der Waals surface area contributed by atoms with Crippen LogP contribution in [0.1, 0.15) is 27.7 Å². The molecule has 0 saturated heterocycles. The number of aliphatic hydroxyl groups excluding tert-OH is 2. The number of nitrogens with one attached hydrogen (secondary N) is 2. The molecule has 71 heavy (non-hydrogen) atoms. The Morgan fingerprint density at radius 1 is 0.577 bits per heavy atom. The van der Waals surface area contributed by atoms with Gasteiger partial charge in [-0.05, 0) is 111 Å². The summed E-state index contributed by atoms with van der Waals surface area (Å²) in [5.41, 5.74) is 3.33. The van der Waals surface area contributed by atoms with Crippen molar-refractivity contribution in [3.63, 3.8) is 0 Å². The van der Waals surface area contributed by atoms with Crippen LogP contribution in [0, 0.1) is 0 Å². The zero-order chi connectivity index (χ0) is 51.0. The van der Waals surface area contributed by atoms with Gasteiger partial charge in [0.05, 0.1) is 60.6 Å². The summed E-state index contributed by atoms with van der Waals surface area (Å²) < 4.78 is 90.1. The third-order valence-electron chi connectivity index (χ3n) is 10.9. The molecule has 4 aromatic carbocycles. The normalized spacial score (nSPS) is 12.1. The Kier molecular flexibility index (Phi) is 16.5. The Morgan fingerprint density at radius 2 is 0.986 bits per heavy atom. The van der Waals surface area contributed by atoms with Crippen molar-refractivity contribution in [2.45, 2.75) is 37.5 Å². The van der Waals surface area contributed by atoms with E-state index >= 15 is 0 Å². The molecule has 0 amide bonds. The molecule has 3 heterocycles. The molecule has 24 nitrogen and oxygen atoms in total. The van der Waals surface area contributed by atoms with Crippen molar-refractivity contribution in [3.05, 3.63) is 60.7 Å². The molecule has 0 saturated carbocycles. The van der Waals surface area contributed by atoms with Gasteiger partial charge in [0, 0.05) is 50.6 Å². The molecule has 6 N–H and O–H groups in total. The number of methoxy groups -OCH3 is 2. The quantitative estimate of drug-likeness (QED) is 0.0259. The summed E-state index contributed by atoms with van der Waals surface area (Å²) in [7, 11) is -7.05. The minimum Gasteiger partial charge on any atom is -0.495 e. The van der Waals surface area contributed by atoms with Crippen molar-refractivity contribution in [2.75, 3.05) is 92.0 Å². The molecule has 0 fully saturated rings. The fraction of sp³-hybridized carbons (Fsp3) is 0.326. The van der Waals surface area contributed by atoms with Crippen LogP contribution < -0.4 is 34.8 Å². The molecule has 0 atom stereocenters. The van der Waals surface area contributed by atoms with Crippen LogP contribution in [0.25, 0.3) is 21.8 Å². The number of aliphatic hydroxyl groups is 2. The fourth-order valence-electron chi connectivity index (χ4n) is 7.52. The second-order valence-electron chi connectivity index (χ2n) is 15.0. The lowest BCUT2D eigenvalue weighted by molar-refractivity contribution is 0.280. The van der Waals surface area contributed by atoms with E-state index in [1.807, 2.05) is 52.0 Å². The zero-order valence-electron chi connectivity index (χ0n) is 39.2. The van der Waals surface area contributed by atoms with Crippen LogP contribution in [0.3, 0.4) is 0 Å². The van der Waals surface area contributed by atoms with Crippen LogP contribution in [-0.2, 0) is 20.2 Å². The Hall–Kier alpha value is -6.79. The Bertz CT molecular complexity index is 3120. The van der Waals surface area contributed by atoms with Crippen molar-refractivity contribution >= 4 is 127 Å². The van der Waals surface area contributed by atoms with Gasteiger partial charge in [0.2, 0.25) is 17.8 Å². The first-order chi connectivity index (χ1) is 34.1. The van der Waals surface area contributed by atoms with Gasteiger partial charge in [-0.3, -0.25) is 9.11 Å². The highest BCUT2D eigenvalue weighted by Crippen LogP contribution is 2.44. The standard InChI is InChI=1S/C43H50N14O10S4/c1-7-55(8-2)25-11-13-27(49-51-39-35-29(53-68-39)15-17-33(66-5)37(35)70(60,61)62)31(23-25)44-41-46-42(48-43(47-41)57(19-21-58)20-22-59)45-32-24-26(56(9-3)10-4)12-14-28(32)50-52-40-36-30(54-69-40)16-18-34(67-6)38(36)71(63,64)65/h11-18,23-24,58-59H,7-10,19-22H2,1-6H3,(H,60,61,62)(H,63,64,65)(H2,44,45,46,47,48). The number of ether oxygens (including phenoxy) is 2. The van der Waals surface area contributed by atoms with Crippen molar-refractivity contribution in [1.82, 2.24) is 23.7 Å². The van der Waals surface area contributed by atoms with Gasteiger partial charge in [-0.25, -0.2) is 0 Å². The summed E-state index contributed by atoms with van der Waals surface area (Å²) in [6.07, 6.45) is 0. The van der Waals surface area contributed by atoms with Crippen molar-refractivity contribution in [3.8, 4) is 11.5 Å². The number of benzene rings is 4. The molecule has 0 bridgehead atoms. The molecule has 7 rings (SSSR count). The topological polar surface area (TPSA) is 315 Å². The minimum absolute atomic E-state index is 0.0148. The summed E-state index contributed by atoms with van der Waals surface area (Å²) >= 11 is 1.74. The van der Waals surface area contributed by atoms with Gasteiger partial charge in [-0.1, -0.05) is 0 Å². The van der Waals surface area contributed by atoms with Crippen LogP contribution in [0.5, 0.6) is 11.5 Å². The Morgan fingerprint density at radius 3 is 1.34 bits per heavy atom. The first-order valence-electron chi connectivity index (χ1n) is 21.8. The van der Waals surface area contributed by atoms with Crippen LogP contribution in [-0.4, -0.2) is 127 Å². The van der Waals surface area contributed by atoms with Gasteiger partial charge in [0.15, 0.2) is 10.0 Å². The van der Waals surface area contributed by atoms with E-state index in [1.165, 1.54) is 26.4 Å². The number of anilines is 7. The van der Waals surface area contributed by atoms with Crippen LogP contribution in [0.15, 0.2) is 90.9 Å². The van der Waals surface area contributed by atoms with Crippen LogP contribution >= 0.6 is 23.1 Å². The number of nitrogens with zero attached hydrogens (tertiary/aromatic N) is 12. The van der Waals surface area contributed by atoms with Crippen molar-refractivity contribution < 1.29 is 45.6 Å². The summed E-state index contributed by atoms with van der Waals surface area (Å²) in [5.74, 6) is -0.177. The second kappa shape index (κ2) is 22.5. The maximum Gasteiger partial charge on any atom is 0.299 e. The lowest BCUT2D eigenvalue weighted by Gasteiger charge is -2.24. The molecule has 7 aromatic rings. The summed E-state index contributed by atoms with van der Waals surface area (Å²) in [6.45, 7) is 10.1. The van der Waals surface area contributed by atoms with Gasteiger partial charge in [0.25, 0.3) is 20.2 Å². The van der Waals surface area contributed by atoms with Gasteiger partial charge in [0.1, 0.15) is 32.7 Å². The van der Waals surface area contributed by atoms with E-state index in [1.54, 1.807) is 29.2 Å². The first kappa shape index (κ1) is 52.0. The average Bonchev–Trinajstić information content (AvgIpc) is 3.96. The van der Waals surface area contributed by atoms with Gasteiger partial charge >= 0.3 is 0 Å². The minimum atomic E-state index is -4.80. The monoisotopic (exact) mass is 1050 g/mol. The Balaban J connectivity index is 1.36. The highest BCUT2D eigenvalue weighted by atomic mass is 32.2. The highest BCUT2D eigenvalue weighted by Gasteiger charge is 2.27. The van der Waals surface area contributed by atoms with Gasteiger partial charge in [-0.2, -0.15) is 40.5 Å². The first-order valence-corrected chi connectivity index (χ1v) is 26.3. The van der Waals surface area contributed by atoms with Crippen LogP contribution in [0.4, 0.5) is 62.0 Å². The third kappa shape index (κ3) is 11.5. The lowest BCUT2D eigenvalue weighted by atomic mass is 10.2. The maximum atomic E-state index is 12.6. The predicted octanol–water partition coefficient (Wildman–Crippen LogP) is 8.40. The molecule has 3 aromatic heterocycles. The molecule has 0 aliphatic heterocycles. The molecular formula is C43H50N14O10S4. The number of azo groups is 2. The lowest BCUT2D eigenvalue weighted by Crippen LogP contribution is -2.31. The summed E-state index contributed by atoms with van der Waals surface area (Å²) in [5, 5.41) is 44.7.